The van der Waals surface area contributed by atoms with Crippen LogP contribution in [0, 0.1) is 6.92 Å². The van der Waals surface area contributed by atoms with E-state index in [1.165, 1.54) is 47.0 Å². The normalized spacial score (nSPS) is 14.8. The van der Waals surface area contributed by atoms with Gasteiger partial charge in [-0.15, -0.1) is 23.1 Å². The van der Waals surface area contributed by atoms with Crippen LogP contribution in [0.15, 0.2) is 39.6 Å². The smallest absolute Gasteiger partial charge is 0.254 e. The molecule has 0 saturated carbocycles. The predicted molar refractivity (Wildman–Crippen MR) is 129 cm³/mol. The molecule has 0 unspecified atom stereocenters. The number of hydrogen-bond acceptors (Lipinski definition) is 6. The summed E-state index contributed by atoms with van der Waals surface area (Å²) in [6.45, 7) is 5.42. The number of aryl methyl sites for hydroxylation is 3. The number of rotatable bonds is 8. The van der Waals surface area contributed by atoms with Gasteiger partial charge in [-0.2, -0.15) is 0 Å². The molecule has 0 amide bonds. The average Bonchev–Trinajstić information content (AvgIpc) is 3.18. The van der Waals surface area contributed by atoms with Crippen LogP contribution in [0.1, 0.15) is 52.3 Å². The van der Waals surface area contributed by atoms with Crippen molar-refractivity contribution in [1.82, 2.24) is 19.9 Å². The van der Waals surface area contributed by atoms with Gasteiger partial charge in [-0.05, 0) is 68.8 Å². The number of H-pyrrole nitrogens is 1. The van der Waals surface area contributed by atoms with Crippen LogP contribution in [0.5, 0.6) is 0 Å². The fraction of sp³-hybridized carbons (Fsp3) is 0.458. The number of nitrogens with zero attached hydrogens (tertiary/aromatic N) is 3. The number of likely N-dealkylation sites (tertiary alicyclic amines) is 1. The van der Waals surface area contributed by atoms with E-state index >= 15 is 0 Å². The number of aromatic nitrogens is 3. The highest BCUT2D eigenvalue weighted by Crippen LogP contribution is 2.31. The molecule has 0 spiro atoms. The Hall–Kier alpha value is -1.96. The van der Waals surface area contributed by atoms with Crippen LogP contribution in [0.2, 0.25) is 0 Å². The highest BCUT2D eigenvalue weighted by atomic mass is 32.2. The molecule has 31 heavy (non-hydrogen) atoms. The third-order valence-corrected chi connectivity index (χ3v) is 8.04. The molecular formula is C24H30N4OS2. The monoisotopic (exact) mass is 454 g/mol. The Morgan fingerprint density at radius 3 is 2.65 bits per heavy atom. The standard InChI is InChI=1S/C24H30N4OS2/c1-17-6-7-18(14-25-17)12-20-15-26-22(27-24(20)29)9-8-19-13-23(30-2)31-21(19)16-28-10-4-3-5-11-28/h6-7,13-15H,3-5,8-12,16H2,1-2H3,(H,26,27,29). The van der Waals surface area contributed by atoms with Gasteiger partial charge in [-0.3, -0.25) is 14.7 Å². The summed E-state index contributed by atoms with van der Waals surface area (Å²) in [5, 5.41) is 0. The molecule has 7 heteroatoms. The first-order valence-corrected chi connectivity index (χ1v) is 13.0. The molecule has 0 aromatic carbocycles. The summed E-state index contributed by atoms with van der Waals surface area (Å²) in [6.07, 6.45) is 11.9. The van der Waals surface area contributed by atoms with E-state index in [-0.39, 0.29) is 5.56 Å². The number of hydrogen-bond donors (Lipinski definition) is 1. The summed E-state index contributed by atoms with van der Waals surface area (Å²) >= 11 is 3.73. The van der Waals surface area contributed by atoms with Crippen molar-refractivity contribution in [3.8, 4) is 0 Å². The van der Waals surface area contributed by atoms with Crippen molar-refractivity contribution in [3.63, 3.8) is 0 Å². The van der Waals surface area contributed by atoms with Crippen molar-refractivity contribution in [2.75, 3.05) is 19.3 Å². The molecule has 0 aliphatic carbocycles. The van der Waals surface area contributed by atoms with Crippen LogP contribution in [0.3, 0.4) is 0 Å². The minimum atomic E-state index is -0.0470. The zero-order valence-electron chi connectivity index (χ0n) is 18.3. The molecule has 3 aromatic heterocycles. The molecule has 1 fully saturated rings. The number of piperidine rings is 1. The number of thiophene rings is 1. The molecule has 164 valence electrons. The van der Waals surface area contributed by atoms with E-state index in [0.717, 1.165) is 36.5 Å². The number of pyridine rings is 1. The second kappa shape index (κ2) is 10.6. The molecule has 0 atom stereocenters. The first-order valence-electron chi connectivity index (χ1n) is 11.0. The zero-order chi connectivity index (χ0) is 21.6. The van der Waals surface area contributed by atoms with E-state index in [1.807, 2.05) is 48.4 Å². The molecular weight excluding hydrogens is 424 g/mol. The minimum absolute atomic E-state index is 0.0470. The Morgan fingerprint density at radius 1 is 1.10 bits per heavy atom. The van der Waals surface area contributed by atoms with Gasteiger partial charge in [-0.1, -0.05) is 12.5 Å². The Kier molecular flexibility index (Phi) is 7.58. The Labute approximate surface area is 192 Å². The average molecular weight is 455 g/mol. The van der Waals surface area contributed by atoms with Crippen LogP contribution in [-0.2, 0) is 25.8 Å². The topological polar surface area (TPSA) is 61.9 Å². The third kappa shape index (κ3) is 6.05. The first-order chi connectivity index (χ1) is 15.1. The highest BCUT2D eigenvalue weighted by Gasteiger charge is 2.16. The SMILES string of the molecule is CSc1cc(CCc2ncc(Cc3ccc(C)nc3)c(=O)[nH]2)c(CN2CCCCC2)s1. The molecule has 1 N–H and O–H groups in total. The summed E-state index contributed by atoms with van der Waals surface area (Å²) in [6, 6.07) is 6.31. The quantitative estimate of drug-likeness (QED) is 0.503. The van der Waals surface area contributed by atoms with E-state index in [1.54, 1.807) is 6.20 Å². The van der Waals surface area contributed by atoms with Crippen molar-refractivity contribution >= 4 is 23.1 Å². The molecule has 1 aliphatic heterocycles. The van der Waals surface area contributed by atoms with Gasteiger partial charge in [0.05, 0.1) is 4.21 Å². The van der Waals surface area contributed by atoms with Crippen molar-refractivity contribution < 1.29 is 0 Å². The van der Waals surface area contributed by atoms with E-state index in [4.69, 9.17) is 0 Å². The largest absolute Gasteiger partial charge is 0.310 e. The number of thioether (sulfide) groups is 1. The van der Waals surface area contributed by atoms with Crippen molar-refractivity contribution in [1.29, 1.82) is 0 Å². The summed E-state index contributed by atoms with van der Waals surface area (Å²) < 4.78 is 1.37. The van der Waals surface area contributed by atoms with E-state index in [0.29, 0.717) is 12.0 Å². The predicted octanol–water partition coefficient (Wildman–Crippen LogP) is 4.62. The lowest BCUT2D eigenvalue weighted by molar-refractivity contribution is 0.222. The van der Waals surface area contributed by atoms with Crippen LogP contribution >= 0.6 is 23.1 Å². The molecule has 0 radical (unpaired) electrons. The van der Waals surface area contributed by atoms with E-state index < -0.39 is 0 Å². The Bertz CT molecular complexity index is 1050. The van der Waals surface area contributed by atoms with Gasteiger partial charge in [0.1, 0.15) is 5.82 Å². The summed E-state index contributed by atoms with van der Waals surface area (Å²) in [5.41, 5.74) is 4.03. The molecule has 0 bridgehead atoms. The Morgan fingerprint density at radius 2 is 1.94 bits per heavy atom. The van der Waals surface area contributed by atoms with Gasteiger partial charge < -0.3 is 4.98 Å². The van der Waals surface area contributed by atoms with E-state index in [9.17, 15) is 4.79 Å². The maximum absolute atomic E-state index is 12.6. The first kappa shape index (κ1) is 22.2. The molecule has 1 aliphatic rings. The van der Waals surface area contributed by atoms with Gasteiger partial charge >= 0.3 is 0 Å². The zero-order valence-corrected chi connectivity index (χ0v) is 20.0. The Balaban J connectivity index is 1.41. The van der Waals surface area contributed by atoms with Gasteiger partial charge in [0.2, 0.25) is 0 Å². The molecule has 1 saturated heterocycles. The lowest BCUT2D eigenvalue weighted by Crippen LogP contribution is -2.29. The van der Waals surface area contributed by atoms with Gasteiger partial charge in [0, 0.05) is 47.9 Å². The lowest BCUT2D eigenvalue weighted by atomic mass is 10.1. The maximum Gasteiger partial charge on any atom is 0.254 e. The van der Waals surface area contributed by atoms with Crippen LogP contribution in [-0.4, -0.2) is 39.2 Å². The summed E-state index contributed by atoms with van der Waals surface area (Å²) in [5.74, 6) is 0.761. The lowest BCUT2D eigenvalue weighted by Gasteiger charge is -2.26. The van der Waals surface area contributed by atoms with Crippen LogP contribution in [0.25, 0.3) is 0 Å². The third-order valence-electron chi connectivity index (χ3n) is 5.82. The minimum Gasteiger partial charge on any atom is -0.310 e. The second-order valence-corrected chi connectivity index (χ2v) is 10.5. The second-order valence-electron chi connectivity index (χ2n) is 8.22. The molecule has 4 heterocycles. The van der Waals surface area contributed by atoms with Gasteiger partial charge in [0.25, 0.3) is 5.56 Å². The highest BCUT2D eigenvalue weighted by molar-refractivity contribution is 8.00. The number of nitrogens with one attached hydrogen (secondary N) is 1. The van der Waals surface area contributed by atoms with Crippen molar-refractivity contribution in [3.05, 3.63) is 74.0 Å². The fourth-order valence-corrected chi connectivity index (χ4v) is 5.87. The fourth-order valence-electron chi connectivity index (χ4n) is 3.99. The van der Waals surface area contributed by atoms with Gasteiger partial charge in [-0.25, -0.2) is 4.98 Å². The van der Waals surface area contributed by atoms with Crippen LogP contribution < -0.4 is 5.56 Å². The summed E-state index contributed by atoms with van der Waals surface area (Å²) in [4.78, 5) is 28.5. The molecule has 4 rings (SSSR count). The maximum atomic E-state index is 12.6. The number of aromatic amines is 1. The van der Waals surface area contributed by atoms with E-state index in [2.05, 4.69) is 32.2 Å². The van der Waals surface area contributed by atoms with Crippen LogP contribution in [0.4, 0.5) is 0 Å². The van der Waals surface area contributed by atoms with Crippen molar-refractivity contribution in [2.24, 2.45) is 0 Å². The molecule has 5 nitrogen and oxygen atoms in total. The van der Waals surface area contributed by atoms with Gasteiger partial charge in [0.15, 0.2) is 0 Å². The molecule has 3 aromatic rings. The van der Waals surface area contributed by atoms with Crippen molar-refractivity contribution in [2.45, 2.75) is 56.2 Å². The summed E-state index contributed by atoms with van der Waals surface area (Å²) in [7, 11) is 0.